The molecule has 1 aliphatic rings. The number of methoxy groups -OCH3 is 1. The number of nitrogens with one attached hydrogen (secondary N) is 2. The third-order valence-electron chi connectivity index (χ3n) is 1.71. The molecular formula is C8H11N3O2. The topological polar surface area (TPSA) is 74.2 Å². The summed E-state index contributed by atoms with van der Waals surface area (Å²) in [5.41, 5.74) is 0.00204. The molecule has 1 aliphatic heterocycles. The van der Waals surface area contributed by atoms with Crippen LogP contribution >= 0.6 is 0 Å². The minimum atomic E-state index is -0.612. The van der Waals surface area contributed by atoms with Crippen molar-refractivity contribution >= 4 is 5.97 Å². The van der Waals surface area contributed by atoms with Gasteiger partial charge in [0.15, 0.2) is 5.57 Å². The second-order valence-corrected chi connectivity index (χ2v) is 2.56. The average molecular weight is 181 g/mol. The molecule has 0 atom stereocenters. The summed E-state index contributed by atoms with van der Waals surface area (Å²) in [5.74, 6) is -0.139. The van der Waals surface area contributed by atoms with Gasteiger partial charge in [0.1, 0.15) is 11.9 Å². The van der Waals surface area contributed by atoms with Crippen LogP contribution in [0.4, 0.5) is 0 Å². The van der Waals surface area contributed by atoms with E-state index < -0.39 is 5.97 Å². The maximum Gasteiger partial charge on any atom is 0.352 e. The van der Waals surface area contributed by atoms with Gasteiger partial charge < -0.3 is 15.4 Å². The SMILES string of the molecule is COC(=O)C(C#N)=C1NCCCN1. The lowest BCUT2D eigenvalue weighted by atomic mass is 10.2. The highest BCUT2D eigenvalue weighted by molar-refractivity contribution is 5.93. The van der Waals surface area contributed by atoms with Gasteiger partial charge in [-0.05, 0) is 6.42 Å². The molecule has 0 aromatic carbocycles. The van der Waals surface area contributed by atoms with Crippen molar-refractivity contribution in [3.63, 3.8) is 0 Å². The first-order chi connectivity index (χ1) is 6.29. The minimum absolute atomic E-state index is 0.00204. The summed E-state index contributed by atoms with van der Waals surface area (Å²) in [5, 5.41) is 14.6. The van der Waals surface area contributed by atoms with E-state index in [1.807, 2.05) is 0 Å². The van der Waals surface area contributed by atoms with Crippen molar-refractivity contribution in [2.24, 2.45) is 0 Å². The molecule has 1 heterocycles. The van der Waals surface area contributed by atoms with Crippen molar-refractivity contribution < 1.29 is 9.53 Å². The van der Waals surface area contributed by atoms with Gasteiger partial charge in [-0.3, -0.25) is 0 Å². The zero-order valence-electron chi connectivity index (χ0n) is 7.39. The smallest absolute Gasteiger partial charge is 0.352 e. The molecule has 0 radical (unpaired) electrons. The molecule has 0 amide bonds. The van der Waals surface area contributed by atoms with Crippen LogP contribution in [0.15, 0.2) is 11.4 Å². The van der Waals surface area contributed by atoms with E-state index in [-0.39, 0.29) is 5.57 Å². The first kappa shape index (κ1) is 9.39. The number of carbonyl (C=O) groups excluding carboxylic acids is 1. The quantitative estimate of drug-likeness (QED) is 0.323. The van der Waals surface area contributed by atoms with Crippen molar-refractivity contribution in [1.82, 2.24) is 10.6 Å². The Labute approximate surface area is 76.4 Å². The molecule has 2 N–H and O–H groups in total. The number of hydrogen-bond acceptors (Lipinski definition) is 5. The van der Waals surface area contributed by atoms with Gasteiger partial charge in [0.05, 0.1) is 7.11 Å². The largest absolute Gasteiger partial charge is 0.465 e. The van der Waals surface area contributed by atoms with Gasteiger partial charge in [0.2, 0.25) is 0 Å². The molecule has 0 unspecified atom stereocenters. The van der Waals surface area contributed by atoms with Crippen molar-refractivity contribution in [2.45, 2.75) is 6.42 Å². The van der Waals surface area contributed by atoms with Crippen LogP contribution in [0.1, 0.15) is 6.42 Å². The molecular weight excluding hydrogens is 170 g/mol. The summed E-state index contributed by atoms with van der Waals surface area (Å²) < 4.78 is 4.46. The molecule has 1 fully saturated rings. The van der Waals surface area contributed by atoms with Crippen LogP contribution in [0.25, 0.3) is 0 Å². The van der Waals surface area contributed by atoms with E-state index in [9.17, 15) is 4.79 Å². The average Bonchev–Trinajstić information content (AvgIpc) is 2.20. The number of nitrogens with zero attached hydrogens (tertiary/aromatic N) is 1. The summed E-state index contributed by atoms with van der Waals surface area (Å²) in [4.78, 5) is 11.1. The van der Waals surface area contributed by atoms with Crippen molar-refractivity contribution in [3.05, 3.63) is 11.4 Å². The highest BCUT2D eigenvalue weighted by Gasteiger charge is 2.17. The predicted molar refractivity (Wildman–Crippen MR) is 45.3 cm³/mol. The number of nitriles is 1. The van der Waals surface area contributed by atoms with E-state index in [2.05, 4.69) is 15.4 Å². The Morgan fingerprint density at radius 2 is 2.15 bits per heavy atom. The normalized spacial score (nSPS) is 14.9. The van der Waals surface area contributed by atoms with Gasteiger partial charge >= 0.3 is 5.97 Å². The van der Waals surface area contributed by atoms with Crippen LogP contribution in [0.5, 0.6) is 0 Å². The Kier molecular flexibility index (Phi) is 3.15. The zero-order valence-corrected chi connectivity index (χ0v) is 7.39. The first-order valence-corrected chi connectivity index (χ1v) is 4.00. The number of hydrogen-bond donors (Lipinski definition) is 2. The van der Waals surface area contributed by atoms with Crippen LogP contribution < -0.4 is 10.6 Å². The third-order valence-corrected chi connectivity index (χ3v) is 1.71. The van der Waals surface area contributed by atoms with Crippen molar-refractivity contribution in [3.8, 4) is 6.07 Å². The summed E-state index contributed by atoms with van der Waals surface area (Å²) >= 11 is 0. The highest BCUT2D eigenvalue weighted by Crippen LogP contribution is 2.03. The second kappa shape index (κ2) is 4.36. The van der Waals surface area contributed by atoms with E-state index >= 15 is 0 Å². The lowest BCUT2D eigenvalue weighted by molar-refractivity contribution is -0.135. The molecule has 1 saturated heterocycles. The minimum Gasteiger partial charge on any atom is -0.465 e. The number of ether oxygens (including phenoxy) is 1. The highest BCUT2D eigenvalue weighted by atomic mass is 16.5. The van der Waals surface area contributed by atoms with Gasteiger partial charge in [-0.1, -0.05) is 0 Å². The number of rotatable bonds is 1. The lowest BCUT2D eigenvalue weighted by Gasteiger charge is -2.19. The van der Waals surface area contributed by atoms with Crippen molar-refractivity contribution in [1.29, 1.82) is 5.26 Å². The first-order valence-electron chi connectivity index (χ1n) is 4.00. The number of carbonyl (C=O) groups is 1. The second-order valence-electron chi connectivity index (χ2n) is 2.56. The van der Waals surface area contributed by atoms with E-state index in [0.717, 1.165) is 19.5 Å². The fourth-order valence-electron chi connectivity index (χ4n) is 1.06. The molecule has 0 spiro atoms. The Hall–Kier alpha value is -1.70. The molecule has 0 saturated carbocycles. The summed E-state index contributed by atoms with van der Waals surface area (Å²) in [6.45, 7) is 1.54. The summed E-state index contributed by atoms with van der Waals surface area (Å²) in [7, 11) is 1.25. The fourth-order valence-corrected chi connectivity index (χ4v) is 1.06. The van der Waals surface area contributed by atoms with Gasteiger partial charge in [0, 0.05) is 13.1 Å². The summed E-state index contributed by atoms with van der Waals surface area (Å²) in [6, 6.07) is 1.80. The number of esters is 1. The van der Waals surface area contributed by atoms with E-state index in [1.165, 1.54) is 7.11 Å². The van der Waals surface area contributed by atoms with Gasteiger partial charge in [-0.15, -0.1) is 0 Å². The Morgan fingerprint density at radius 1 is 1.54 bits per heavy atom. The standard InChI is InChI=1S/C8H11N3O2/c1-13-8(12)6(5-9)7-10-3-2-4-11-7/h10-11H,2-4H2,1H3. The fraction of sp³-hybridized carbons (Fsp3) is 0.500. The van der Waals surface area contributed by atoms with Crippen LogP contribution in [-0.4, -0.2) is 26.2 Å². The molecule has 0 aromatic heterocycles. The predicted octanol–water partition coefficient (Wildman–Crippen LogP) is -0.523. The van der Waals surface area contributed by atoms with Crippen LogP contribution in [0.2, 0.25) is 0 Å². The Bertz CT molecular complexity index is 270. The van der Waals surface area contributed by atoms with E-state index in [0.29, 0.717) is 5.82 Å². The van der Waals surface area contributed by atoms with E-state index in [4.69, 9.17) is 5.26 Å². The molecule has 70 valence electrons. The van der Waals surface area contributed by atoms with Crippen LogP contribution in [-0.2, 0) is 9.53 Å². The Morgan fingerprint density at radius 3 is 2.62 bits per heavy atom. The maximum absolute atomic E-state index is 11.1. The molecule has 0 bridgehead atoms. The summed E-state index contributed by atoms with van der Waals surface area (Å²) in [6.07, 6.45) is 0.976. The molecule has 5 heteroatoms. The van der Waals surface area contributed by atoms with Crippen LogP contribution in [0, 0.1) is 11.3 Å². The maximum atomic E-state index is 11.1. The van der Waals surface area contributed by atoms with Gasteiger partial charge in [-0.2, -0.15) is 5.26 Å². The molecule has 0 aliphatic carbocycles. The molecule has 5 nitrogen and oxygen atoms in total. The third kappa shape index (κ3) is 2.12. The lowest BCUT2D eigenvalue weighted by Crippen LogP contribution is -2.37. The van der Waals surface area contributed by atoms with Gasteiger partial charge in [0.25, 0.3) is 0 Å². The van der Waals surface area contributed by atoms with Crippen LogP contribution in [0.3, 0.4) is 0 Å². The monoisotopic (exact) mass is 181 g/mol. The molecule has 13 heavy (non-hydrogen) atoms. The molecule has 0 aromatic rings. The van der Waals surface area contributed by atoms with E-state index in [1.54, 1.807) is 6.07 Å². The zero-order chi connectivity index (χ0) is 9.68. The van der Waals surface area contributed by atoms with Gasteiger partial charge in [-0.25, -0.2) is 4.79 Å². The molecule has 1 rings (SSSR count). The Balaban J connectivity index is 2.84. The van der Waals surface area contributed by atoms with Crippen molar-refractivity contribution in [2.75, 3.05) is 20.2 Å².